The highest BCUT2D eigenvalue weighted by molar-refractivity contribution is 6.13. The van der Waals surface area contributed by atoms with Crippen LogP contribution < -0.4 is 59.2 Å². The molecular weight excluding hydrogens is 1210 g/mol. The number of anilines is 4. The van der Waals surface area contributed by atoms with Gasteiger partial charge in [0.1, 0.15) is 31.0 Å². The molecule has 0 spiro atoms. The van der Waals surface area contributed by atoms with Gasteiger partial charge in [0.25, 0.3) is 23.6 Å². The number of nitrogen functional groups attached to an aromatic ring is 2. The molecule has 6 rings (SSSR count). The van der Waals surface area contributed by atoms with Gasteiger partial charge in [-0.3, -0.25) is 33.7 Å². The first-order valence-electron chi connectivity index (χ1n) is 29.3. The summed E-state index contributed by atoms with van der Waals surface area (Å²) in [5.74, 6) is -5.17. The normalized spacial score (nSPS) is 12.6. The second kappa shape index (κ2) is 34.6. The number of amides is 11. The number of rotatable bonds is 33. The van der Waals surface area contributed by atoms with Crippen LogP contribution in [0.25, 0.3) is 11.2 Å². The molecule has 3 atom stereocenters. The molecule has 0 radical (unpaired) electrons. The highest BCUT2D eigenvalue weighted by Gasteiger charge is 2.30. The third-order valence-corrected chi connectivity index (χ3v) is 13.9. The molecule has 1 aliphatic heterocycles. The summed E-state index contributed by atoms with van der Waals surface area (Å²) in [5.41, 5.74) is 19.3. The number of urea groups is 1. The number of primary amides is 1. The summed E-state index contributed by atoms with van der Waals surface area (Å²) in [6.45, 7) is 5.17. The zero-order valence-electron chi connectivity index (χ0n) is 51.7. The molecule has 5 aromatic rings. The maximum absolute atomic E-state index is 13.6. The van der Waals surface area contributed by atoms with Gasteiger partial charge in [-0.25, -0.2) is 33.9 Å². The number of fused-ring (bicyclic) bond motifs is 1. The SMILES string of the molecule is CC(C)[C@H](NC(=O)OCCOCCN1C(=O)C=CC1=O)C(=O)N[C@@H](CCCNC(N)=O)C(=O)Nc1ccc(COC(=O)N(C)CCN(C)C(=O)Oc2ccc(C(=O)O)c(C(=O)NCCC[C@@H](C)NC(=O)c3ccc(NCc4cnc5nc(N)nc(N)c5n4)cc3)c2)cc1. The van der Waals surface area contributed by atoms with E-state index in [9.17, 15) is 57.8 Å². The molecule has 3 aromatic carbocycles. The van der Waals surface area contributed by atoms with E-state index in [2.05, 4.69) is 57.2 Å². The van der Waals surface area contributed by atoms with E-state index < -0.39 is 77.8 Å². The Labute approximate surface area is 533 Å². The van der Waals surface area contributed by atoms with Crippen LogP contribution in [0.3, 0.4) is 0 Å². The Balaban J connectivity index is 0.890. The number of benzene rings is 3. The minimum atomic E-state index is -1.39. The second-order valence-electron chi connectivity index (χ2n) is 21.4. The molecular formula is C60H75N17O16. The molecule has 1 aliphatic rings. The van der Waals surface area contributed by atoms with Crippen LogP contribution in [0.15, 0.2) is 85.1 Å². The first kappa shape index (κ1) is 70.8. The van der Waals surface area contributed by atoms with Crippen LogP contribution >= 0.6 is 0 Å². The van der Waals surface area contributed by atoms with E-state index in [1.165, 1.54) is 31.3 Å². The second-order valence-corrected chi connectivity index (χ2v) is 21.4. The molecule has 0 bridgehead atoms. The number of likely N-dealkylation sites (N-methyl/N-ethyl adjacent to an activating group) is 2. The predicted molar refractivity (Wildman–Crippen MR) is 335 cm³/mol. The number of carboxylic acid groups (broad SMARTS) is 1. The fourth-order valence-electron chi connectivity index (χ4n) is 8.73. The van der Waals surface area contributed by atoms with Gasteiger partial charge < -0.3 is 88.3 Å². The predicted octanol–water partition coefficient (Wildman–Crippen LogP) is 2.49. The summed E-state index contributed by atoms with van der Waals surface area (Å²) in [4.78, 5) is 159. The molecule has 496 valence electrons. The summed E-state index contributed by atoms with van der Waals surface area (Å²) in [7, 11) is 2.85. The number of imide groups is 1. The average Bonchev–Trinajstić information content (AvgIpc) is 1.59. The third-order valence-electron chi connectivity index (χ3n) is 13.9. The zero-order chi connectivity index (χ0) is 67.7. The molecule has 0 aliphatic carbocycles. The molecule has 14 N–H and O–H groups in total. The van der Waals surface area contributed by atoms with Crippen molar-refractivity contribution in [3.05, 3.63) is 113 Å². The molecule has 0 unspecified atom stereocenters. The van der Waals surface area contributed by atoms with E-state index in [0.717, 1.165) is 34.1 Å². The lowest BCUT2D eigenvalue weighted by atomic mass is 10.0. The number of carboxylic acids is 1. The van der Waals surface area contributed by atoms with Gasteiger partial charge in [-0.05, 0) is 98.7 Å². The Morgan fingerprint density at radius 2 is 1.37 bits per heavy atom. The van der Waals surface area contributed by atoms with Gasteiger partial charge in [0.15, 0.2) is 17.0 Å². The van der Waals surface area contributed by atoms with Gasteiger partial charge >= 0.3 is 30.3 Å². The van der Waals surface area contributed by atoms with Gasteiger partial charge in [0.2, 0.25) is 17.8 Å². The lowest BCUT2D eigenvalue weighted by molar-refractivity contribution is -0.137. The summed E-state index contributed by atoms with van der Waals surface area (Å²) >= 11 is 0. The van der Waals surface area contributed by atoms with E-state index in [1.807, 2.05) is 0 Å². The largest absolute Gasteiger partial charge is 0.478 e. The fraction of sp³-hybridized carbons (Fsp3) is 0.383. The van der Waals surface area contributed by atoms with E-state index in [-0.39, 0.29) is 118 Å². The maximum atomic E-state index is 13.6. The number of hydrogen-bond donors (Lipinski definition) is 11. The monoisotopic (exact) mass is 1290 g/mol. The van der Waals surface area contributed by atoms with Crippen LogP contribution in [0.5, 0.6) is 5.75 Å². The summed E-state index contributed by atoms with van der Waals surface area (Å²) in [6.07, 6.45) is 2.41. The number of aromatic carboxylic acids is 1. The number of hydrogen-bond acceptors (Lipinski definition) is 22. The number of ether oxygens (including phenoxy) is 4. The van der Waals surface area contributed by atoms with Crippen molar-refractivity contribution in [2.24, 2.45) is 11.7 Å². The number of carbonyl (C=O) groups excluding carboxylic acids is 10. The number of nitrogens with zero attached hydrogens (tertiary/aromatic N) is 7. The van der Waals surface area contributed by atoms with Crippen LogP contribution in [0.4, 0.5) is 42.3 Å². The van der Waals surface area contributed by atoms with E-state index in [1.54, 1.807) is 69.3 Å². The molecule has 93 heavy (non-hydrogen) atoms. The first-order chi connectivity index (χ1) is 44.3. The van der Waals surface area contributed by atoms with Gasteiger partial charge in [-0.2, -0.15) is 9.97 Å². The van der Waals surface area contributed by atoms with Crippen LogP contribution in [-0.4, -0.2) is 190 Å². The zero-order valence-corrected chi connectivity index (χ0v) is 51.7. The molecule has 33 nitrogen and oxygen atoms in total. The number of carbonyl (C=O) groups is 11. The van der Waals surface area contributed by atoms with Crippen LogP contribution in [0.2, 0.25) is 0 Å². The Kier molecular flexibility index (Phi) is 26.4. The van der Waals surface area contributed by atoms with Crippen LogP contribution in [-0.2, 0) is 46.5 Å². The van der Waals surface area contributed by atoms with Gasteiger partial charge in [-0.1, -0.05) is 26.0 Å². The van der Waals surface area contributed by atoms with Gasteiger partial charge in [0, 0.05) is 75.4 Å². The fourth-order valence-corrected chi connectivity index (χ4v) is 8.73. The molecule has 2 aromatic heterocycles. The Morgan fingerprint density at radius 3 is 2.04 bits per heavy atom. The Hall–Kier alpha value is -11.3. The third kappa shape index (κ3) is 22.3. The quantitative estimate of drug-likeness (QED) is 0.0212. The molecule has 3 heterocycles. The van der Waals surface area contributed by atoms with Gasteiger partial charge in [-0.15, -0.1) is 0 Å². The molecule has 0 fully saturated rings. The maximum Gasteiger partial charge on any atom is 0.415 e. The summed E-state index contributed by atoms with van der Waals surface area (Å²) < 4.78 is 21.4. The molecule has 0 saturated carbocycles. The van der Waals surface area contributed by atoms with Crippen molar-refractivity contribution in [3.8, 4) is 5.75 Å². The molecule has 0 saturated heterocycles. The number of aromatic nitrogens is 4. The topological polar surface area (TPSA) is 468 Å². The smallest absolute Gasteiger partial charge is 0.415 e. The van der Waals surface area contributed by atoms with Crippen LogP contribution in [0.1, 0.15) is 88.8 Å². The van der Waals surface area contributed by atoms with E-state index >= 15 is 0 Å². The number of alkyl carbamates (subject to hydrolysis) is 1. The van der Waals surface area contributed by atoms with E-state index in [0.29, 0.717) is 53.1 Å². The summed E-state index contributed by atoms with van der Waals surface area (Å²) in [6, 6.07) is 13.2. The minimum Gasteiger partial charge on any atom is -0.478 e. The van der Waals surface area contributed by atoms with Crippen molar-refractivity contribution < 1.29 is 76.8 Å². The lowest BCUT2D eigenvalue weighted by Gasteiger charge is -2.25. The van der Waals surface area contributed by atoms with Crippen molar-refractivity contribution in [1.29, 1.82) is 0 Å². The van der Waals surface area contributed by atoms with Crippen molar-refractivity contribution >= 4 is 100 Å². The number of nitrogens with two attached hydrogens (primary N) is 3. The van der Waals surface area contributed by atoms with Crippen molar-refractivity contribution in [2.45, 2.75) is 77.7 Å². The molecule has 33 heteroatoms. The van der Waals surface area contributed by atoms with Crippen molar-refractivity contribution in [2.75, 3.05) is 88.7 Å². The van der Waals surface area contributed by atoms with Crippen molar-refractivity contribution in [3.63, 3.8) is 0 Å². The number of nitrogens with one attached hydrogen (secondary N) is 7. The van der Waals surface area contributed by atoms with Crippen LogP contribution in [0, 0.1) is 5.92 Å². The van der Waals surface area contributed by atoms with Gasteiger partial charge in [0.05, 0.1) is 49.3 Å². The molecule has 11 amide bonds. The first-order valence-corrected chi connectivity index (χ1v) is 29.3. The van der Waals surface area contributed by atoms with Crippen molar-refractivity contribution in [1.82, 2.24) is 61.2 Å². The highest BCUT2D eigenvalue weighted by atomic mass is 16.6. The average molecular weight is 1290 g/mol. The highest BCUT2D eigenvalue weighted by Crippen LogP contribution is 2.21. The minimum absolute atomic E-state index is 0.00436. The van der Waals surface area contributed by atoms with E-state index in [4.69, 9.17) is 36.1 Å². The Morgan fingerprint density at radius 1 is 0.699 bits per heavy atom. The Bertz CT molecular complexity index is 3540. The summed E-state index contributed by atoms with van der Waals surface area (Å²) in [5, 5.41) is 29.0. The standard InChI is InChI=1S/C60H75N17O16/c1-34(2)47(72-58(87)91-29-28-90-27-26-77-45(78)20-21-46(77)79)54(83)71-44(9-7-23-65-57(63)86)53(82)70-39-14-10-36(11-15-39)33-92-59(88)75(4)24-25-76(5)60(89)93-41-18-19-42(55(84)85)43(30-41)52(81)64-22-6-8-35(3)68-51(80)37-12-16-38(17-13-37)66-31-40-32-67-50-48(69-40)49(61)73-56(62)74-50/h10-21,30,32,34-35,44,47,66H,6-9,22-29,31,33H2,1-5H3,(H,64,81)(H,68,80)(H,70,82)(H,71,83)(H,72,87)(H,84,85)(H3,63,65,86)(H4,61,62,67,73,74)/t35-,44+,47+/m1/s1. The lowest BCUT2D eigenvalue weighted by Crippen LogP contribution is -2.54.